The van der Waals surface area contributed by atoms with Crippen molar-refractivity contribution in [1.29, 1.82) is 0 Å². The number of fused-ring (bicyclic) bond motifs is 3. The fraction of sp³-hybridized carbons (Fsp3) is 0.333. The largest absolute Gasteiger partial charge is 0.380 e. The summed E-state index contributed by atoms with van der Waals surface area (Å²) >= 11 is 1.86. The van der Waals surface area contributed by atoms with Crippen molar-refractivity contribution < 1.29 is 0 Å². The second-order valence-corrected chi connectivity index (χ2v) is 7.10. The van der Waals surface area contributed by atoms with E-state index >= 15 is 0 Å². The molecule has 2 aromatic carbocycles. The number of benzene rings is 2. The summed E-state index contributed by atoms with van der Waals surface area (Å²) in [5.74, 6) is 0.632. The molecule has 0 aliphatic carbocycles. The molecule has 2 nitrogen and oxygen atoms in total. The SMILES string of the molecule is Cc1ccc(Sc2cccc3c2N[C@H]2CCNC[C@H]32)cc1. The van der Waals surface area contributed by atoms with Crippen molar-refractivity contribution in [2.45, 2.75) is 35.1 Å². The first-order valence-corrected chi connectivity index (χ1v) is 8.47. The number of hydrogen-bond donors (Lipinski definition) is 2. The van der Waals surface area contributed by atoms with Crippen molar-refractivity contribution in [2.24, 2.45) is 0 Å². The van der Waals surface area contributed by atoms with Crippen LogP contribution in [0.15, 0.2) is 52.3 Å². The van der Waals surface area contributed by atoms with Crippen LogP contribution in [0.5, 0.6) is 0 Å². The zero-order chi connectivity index (χ0) is 14.2. The fourth-order valence-corrected chi connectivity index (χ4v) is 4.32. The summed E-state index contributed by atoms with van der Waals surface area (Å²) in [7, 11) is 0. The van der Waals surface area contributed by atoms with Crippen LogP contribution < -0.4 is 10.6 Å². The Labute approximate surface area is 130 Å². The highest BCUT2D eigenvalue weighted by atomic mass is 32.2. The van der Waals surface area contributed by atoms with E-state index in [1.165, 1.54) is 33.0 Å². The van der Waals surface area contributed by atoms with Crippen LogP contribution in [0.2, 0.25) is 0 Å². The first kappa shape index (κ1) is 13.2. The molecule has 1 saturated heterocycles. The van der Waals surface area contributed by atoms with Crippen LogP contribution in [0.1, 0.15) is 23.5 Å². The number of hydrogen-bond acceptors (Lipinski definition) is 3. The van der Waals surface area contributed by atoms with E-state index in [9.17, 15) is 0 Å². The standard InChI is InChI=1S/C18H20N2S/c1-12-5-7-13(8-6-12)21-17-4-2-3-14-15-11-19-10-9-16(15)20-18(14)17/h2-8,15-16,19-20H,9-11H2,1H3/t15-,16+/m1/s1. The van der Waals surface area contributed by atoms with E-state index in [0.29, 0.717) is 12.0 Å². The second kappa shape index (κ2) is 5.39. The zero-order valence-electron chi connectivity index (χ0n) is 12.2. The maximum atomic E-state index is 3.78. The van der Waals surface area contributed by atoms with Gasteiger partial charge in [-0.1, -0.05) is 41.6 Å². The van der Waals surface area contributed by atoms with Crippen molar-refractivity contribution in [3.63, 3.8) is 0 Å². The lowest BCUT2D eigenvalue weighted by molar-refractivity contribution is 0.440. The van der Waals surface area contributed by atoms with Gasteiger partial charge in [0, 0.05) is 28.3 Å². The Hall–Kier alpha value is -1.45. The maximum Gasteiger partial charge on any atom is 0.0521 e. The van der Waals surface area contributed by atoms with Gasteiger partial charge in [0.25, 0.3) is 0 Å². The minimum atomic E-state index is 0.612. The van der Waals surface area contributed by atoms with Crippen LogP contribution in [0, 0.1) is 6.92 Å². The molecule has 0 unspecified atom stereocenters. The molecule has 2 N–H and O–H groups in total. The van der Waals surface area contributed by atoms with E-state index in [1.54, 1.807) is 0 Å². The molecule has 21 heavy (non-hydrogen) atoms. The Kier molecular flexibility index (Phi) is 3.40. The highest BCUT2D eigenvalue weighted by Crippen LogP contribution is 2.45. The molecule has 108 valence electrons. The van der Waals surface area contributed by atoms with Crippen molar-refractivity contribution in [3.05, 3.63) is 53.6 Å². The molecule has 4 rings (SSSR count). The highest BCUT2D eigenvalue weighted by Gasteiger charge is 2.34. The van der Waals surface area contributed by atoms with Gasteiger partial charge in [-0.25, -0.2) is 0 Å². The quantitative estimate of drug-likeness (QED) is 0.875. The van der Waals surface area contributed by atoms with Gasteiger partial charge in [-0.05, 0) is 43.7 Å². The number of anilines is 1. The Bertz CT molecular complexity index is 651. The van der Waals surface area contributed by atoms with Crippen LogP contribution >= 0.6 is 11.8 Å². The minimum Gasteiger partial charge on any atom is -0.380 e. The normalized spacial score (nSPS) is 23.3. The number of aryl methyl sites for hydroxylation is 1. The summed E-state index contributed by atoms with van der Waals surface area (Å²) < 4.78 is 0. The van der Waals surface area contributed by atoms with E-state index in [4.69, 9.17) is 0 Å². The van der Waals surface area contributed by atoms with E-state index in [2.05, 4.69) is 60.0 Å². The number of rotatable bonds is 2. The Balaban J connectivity index is 1.66. The molecule has 2 heterocycles. The lowest BCUT2D eigenvalue weighted by atomic mass is 9.91. The fourth-order valence-electron chi connectivity index (χ4n) is 3.37. The van der Waals surface area contributed by atoms with E-state index in [1.807, 2.05) is 11.8 Å². The second-order valence-electron chi connectivity index (χ2n) is 5.99. The van der Waals surface area contributed by atoms with Crippen molar-refractivity contribution in [3.8, 4) is 0 Å². The molecule has 3 heteroatoms. The predicted octanol–water partition coefficient (Wildman–Crippen LogP) is 4.02. The Morgan fingerprint density at radius 2 is 1.95 bits per heavy atom. The molecule has 1 fully saturated rings. The molecule has 0 spiro atoms. The summed E-state index contributed by atoms with van der Waals surface area (Å²) in [6, 6.07) is 16.1. The molecule has 2 aliphatic heterocycles. The molecule has 2 aliphatic rings. The number of nitrogens with one attached hydrogen (secondary N) is 2. The van der Waals surface area contributed by atoms with Crippen LogP contribution in [-0.2, 0) is 0 Å². The van der Waals surface area contributed by atoms with Gasteiger partial charge in [-0.3, -0.25) is 0 Å². The lowest BCUT2D eigenvalue weighted by Gasteiger charge is -2.26. The highest BCUT2D eigenvalue weighted by molar-refractivity contribution is 7.99. The summed E-state index contributed by atoms with van der Waals surface area (Å²) in [4.78, 5) is 2.66. The molecule has 0 aromatic heterocycles. The molecule has 2 aromatic rings. The molecular weight excluding hydrogens is 276 g/mol. The van der Waals surface area contributed by atoms with E-state index in [0.717, 1.165) is 13.1 Å². The molecular formula is C18H20N2S. The zero-order valence-corrected chi connectivity index (χ0v) is 13.0. The van der Waals surface area contributed by atoms with E-state index < -0.39 is 0 Å². The first-order chi connectivity index (χ1) is 10.3. The van der Waals surface area contributed by atoms with Crippen molar-refractivity contribution in [1.82, 2.24) is 5.32 Å². The van der Waals surface area contributed by atoms with Crippen LogP contribution in [0.4, 0.5) is 5.69 Å². The van der Waals surface area contributed by atoms with Gasteiger partial charge in [0.2, 0.25) is 0 Å². The van der Waals surface area contributed by atoms with Crippen molar-refractivity contribution >= 4 is 17.4 Å². The number of piperidine rings is 1. The van der Waals surface area contributed by atoms with Gasteiger partial charge in [-0.2, -0.15) is 0 Å². The van der Waals surface area contributed by atoms with Gasteiger partial charge in [0.05, 0.1) is 5.69 Å². The van der Waals surface area contributed by atoms with Gasteiger partial charge in [0.1, 0.15) is 0 Å². The molecule has 0 amide bonds. The average Bonchev–Trinajstić information content (AvgIpc) is 2.89. The van der Waals surface area contributed by atoms with E-state index in [-0.39, 0.29) is 0 Å². The smallest absolute Gasteiger partial charge is 0.0521 e. The van der Waals surface area contributed by atoms with Gasteiger partial charge in [0.15, 0.2) is 0 Å². The first-order valence-electron chi connectivity index (χ1n) is 7.66. The Morgan fingerprint density at radius 3 is 2.81 bits per heavy atom. The predicted molar refractivity (Wildman–Crippen MR) is 89.4 cm³/mol. The van der Waals surface area contributed by atoms with Gasteiger partial charge < -0.3 is 10.6 Å². The molecule has 0 saturated carbocycles. The van der Waals surface area contributed by atoms with Crippen LogP contribution in [0.25, 0.3) is 0 Å². The molecule has 0 radical (unpaired) electrons. The summed E-state index contributed by atoms with van der Waals surface area (Å²) in [6.07, 6.45) is 1.22. The monoisotopic (exact) mass is 296 g/mol. The molecule has 2 atom stereocenters. The van der Waals surface area contributed by atoms with Crippen LogP contribution in [0.3, 0.4) is 0 Å². The Morgan fingerprint density at radius 1 is 1.10 bits per heavy atom. The third-order valence-corrected chi connectivity index (χ3v) is 5.59. The third kappa shape index (κ3) is 2.45. The number of para-hydroxylation sites is 1. The third-order valence-electron chi connectivity index (χ3n) is 4.52. The average molecular weight is 296 g/mol. The maximum absolute atomic E-state index is 3.78. The van der Waals surface area contributed by atoms with Gasteiger partial charge in [-0.15, -0.1) is 0 Å². The van der Waals surface area contributed by atoms with Crippen molar-refractivity contribution in [2.75, 3.05) is 18.4 Å². The topological polar surface area (TPSA) is 24.1 Å². The summed E-state index contributed by atoms with van der Waals surface area (Å²) in [6.45, 7) is 4.36. The van der Waals surface area contributed by atoms with Gasteiger partial charge >= 0.3 is 0 Å². The van der Waals surface area contributed by atoms with Crippen LogP contribution in [-0.4, -0.2) is 19.1 Å². The lowest BCUT2D eigenvalue weighted by Crippen LogP contribution is -2.38. The summed E-state index contributed by atoms with van der Waals surface area (Å²) in [5.41, 5.74) is 4.17. The molecule has 0 bridgehead atoms. The minimum absolute atomic E-state index is 0.612. The summed E-state index contributed by atoms with van der Waals surface area (Å²) in [5, 5.41) is 7.30.